The van der Waals surface area contributed by atoms with Crippen LogP contribution in [0.5, 0.6) is 11.5 Å². The molecule has 0 aliphatic rings. The van der Waals surface area contributed by atoms with Crippen LogP contribution < -0.4 is 9.47 Å². The van der Waals surface area contributed by atoms with E-state index in [0.29, 0.717) is 18.0 Å². The van der Waals surface area contributed by atoms with Gasteiger partial charge in [-0.2, -0.15) is 0 Å². The zero-order valence-electron chi connectivity index (χ0n) is 16.2. The molecule has 6 heteroatoms. The highest BCUT2D eigenvalue weighted by atomic mass is 16.5. The first-order valence-corrected chi connectivity index (χ1v) is 8.96. The fourth-order valence-corrected chi connectivity index (χ4v) is 3.17. The average molecular weight is 367 g/mol. The van der Waals surface area contributed by atoms with E-state index in [1.165, 1.54) is 0 Å². The number of hydrogen-bond acceptors (Lipinski definition) is 4. The third kappa shape index (κ3) is 3.89. The van der Waals surface area contributed by atoms with Crippen LogP contribution in [-0.4, -0.2) is 41.6 Å². The fourth-order valence-electron chi connectivity index (χ4n) is 3.17. The molecule has 0 bridgehead atoms. The number of fused-ring (bicyclic) bond motifs is 1. The van der Waals surface area contributed by atoms with Crippen LogP contribution in [0.4, 0.5) is 0 Å². The molecule has 0 saturated heterocycles. The highest BCUT2D eigenvalue weighted by Crippen LogP contribution is 2.28. The van der Waals surface area contributed by atoms with E-state index in [9.17, 15) is 4.79 Å². The van der Waals surface area contributed by atoms with Crippen LogP contribution in [0.1, 0.15) is 18.3 Å². The Labute approximate surface area is 159 Å². The smallest absolute Gasteiger partial charge is 0.242 e. The number of amides is 1. The Morgan fingerprint density at radius 2 is 1.85 bits per heavy atom. The molecular formula is C21H25N3O3. The quantitative estimate of drug-likeness (QED) is 0.643. The number of likely N-dealkylation sites (N-methyl/N-ethyl adjacent to an activating group) is 1. The molecule has 0 aliphatic heterocycles. The maximum absolute atomic E-state index is 12.8. The van der Waals surface area contributed by atoms with E-state index in [1.807, 2.05) is 54.1 Å². The Kier molecular flexibility index (Phi) is 5.64. The summed E-state index contributed by atoms with van der Waals surface area (Å²) in [6.45, 7) is 2.82. The minimum absolute atomic E-state index is 0.0302. The molecule has 0 atom stereocenters. The first kappa shape index (κ1) is 18.8. The summed E-state index contributed by atoms with van der Waals surface area (Å²) in [6, 6.07) is 13.6. The van der Waals surface area contributed by atoms with E-state index < -0.39 is 0 Å². The van der Waals surface area contributed by atoms with Gasteiger partial charge in [-0.3, -0.25) is 4.79 Å². The average Bonchev–Trinajstić information content (AvgIpc) is 3.05. The summed E-state index contributed by atoms with van der Waals surface area (Å²) in [4.78, 5) is 19.2. The van der Waals surface area contributed by atoms with Gasteiger partial charge in [0.15, 0.2) is 11.5 Å². The largest absolute Gasteiger partial charge is 0.493 e. The molecule has 0 unspecified atom stereocenters. The molecule has 0 N–H and O–H groups in total. The van der Waals surface area contributed by atoms with Gasteiger partial charge in [0.1, 0.15) is 12.4 Å². The Morgan fingerprint density at radius 1 is 1.11 bits per heavy atom. The molecule has 6 nitrogen and oxygen atoms in total. The number of imidazole rings is 1. The summed E-state index contributed by atoms with van der Waals surface area (Å²) >= 11 is 0. The van der Waals surface area contributed by atoms with E-state index in [0.717, 1.165) is 28.8 Å². The van der Waals surface area contributed by atoms with Gasteiger partial charge in [0.05, 0.1) is 25.3 Å². The molecule has 142 valence electrons. The molecule has 0 spiro atoms. The Balaban J connectivity index is 1.77. The van der Waals surface area contributed by atoms with Crippen molar-refractivity contribution >= 4 is 16.9 Å². The SMILES string of the molecule is CCc1nc2ccccc2n1CC(=O)N(C)Cc1ccc(OC)c(OC)c1. The number of ether oxygens (including phenoxy) is 2. The topological polar surface area (TPSA) is 56.6 Å². The molecule has 0 saturated carbocycles. The van der Waals surface area contributed by atoms with Crippen molar-refractivity contribution in [1.82, 2.24) is 14.5 Å². The Morgan fingerprint density at radius 3 is 2.56 bits per heavy atom. The minimum Gasteiger partial charge on any atom is -0.493 e. The number of para-hydroxylation sites is 2. The predicted octanol–water partition coefficient (Wildman–Crippen LogP) is 3.27. The second kappa shape index (κ2) is 8.12. The number of carbonyl (C=O) groups excluding carboxylic acids is 1. The number of benzene rings is 2. The summed E-state index contributed by atoms with van der Waals surface area (Å²) in [5.74, 6) is 2.28. The van der Waals surface area contributed by atoms with E-state index >= 15 is 0 Å². The maximum atomic E-state index is 12.8. The number of methoxy groups -OCH3 is 2. The zero-order chi connectivity index (χ0) is 19.4. The van der Waals surface area contributed by atoms with E-state index in [4.69, 9.17) is 9.47 Å². The van der Waals surface area contributed by atoms with Crippen molar-refractivity contribution in [3.63, 3.8) is 0 Å². The van der Waals surface area contributed by atoms with Gasteiger partial charge in [0, 0.05) is 20.0 Å². The van der Waals surface area contributed by atoms with Gasteiger partial charge in [0.2, 0.25) is 5.91 Å². The third-order valence-electron chi connectivity index (χ3n) is 4.64. The molecule has 1 heterocycles. The molecule has 27 heavy (non-hydrogen) atoms. The summed E-state index contributed by atoms with van der Waals surface area (Å²) in [6.07, 6.45) is 0.779. The molecule has 0 radical (unpaired) electrons. The van der Waals surface area contributed by atoms with Crippen molar-refractivity contribution in [3.8, 4) is 11.5 Å². The molecule has 1 aromatic heterocycles. The standard InChI is InChI=1S/C21H25N3O3/c1-5-20-22-16-8-6-7-9-17(16)24(20)14-21(25)23(2)13-15-10-11-18(26-3)19(12-15)27-4/h6-12H,5,13-14H2,1-4H3. The van der Waals surface area contributed by atoms with E-state index in [2.05, 4.69) is 11.9 Å². The molecule has 2 aromatic carbocycles. The van der Waals surface area contributed by atoms with E-state index in [1.54, 1.807) is 19.1 Å². The summed E-state index contributed by atoms with van der Waals surface area (Å²) < 4.78 is 12.6. The lowest BCUT2D eigenvalue weighted by molar-refractivity contribution is -0.131. The summed E-state index contributed by atoms with van der Waals surface area (Å²) in [5.41, 5.74) is 2.89. The number of rotatable bonds is 7. The van der Waals surface area contributed by atoms with Crippen LogP contribution >= 0.6 is 0 Å². The van der Waals surface area contributed by atoms with Gasteiger partial charge in [-0.05, 0) is 29.8 Å². The monoisotopic (exact) mass is 367 g/mol. The second-order valence-electron chi connectivity index (χ2n) is 6.40. The number of nitrogens with zero attached hydrogens (tertiary/aromatic N) is 3. The van der Waals surface area contributed by atoms with Gasteiger partial charge in [-0.15, -0.1) is 0 Å². The first-order valence-electron chi connectivity index (χ1n) is 8.96. The van der Waals surface area contributed by atoms with Crippen molar-refractivity contribution in [2.24, 2.45) is 0 Å². The van der Waals surface area contributed by atoms with Crippen LogP contribution in [0.3, 0.4) is 0 Å². The van der Waals surface area contributed by atoms with Crippen LogP contribution in [0.15, 0.2) is 42.5 Å². The zero-order valence-corrected chi connectivity index (χ0v) is 16.2. The van der Waals surface area contributed by atoms with Crippen molar-refractivity contribution in [1.29, 1.82) is 0 Å². The predicted molar refractivity (Wildman–Crippen MR) is 105 cm³/mol. The molecule has 3 rings (SSSR count). The van der Waals surface area contributed by atoms with Gasteiger partial charge < -0.3 is 18.9 Å². The van der Waals surface area contributed by atoms with Gasteiger partial charge >= 0.3 is 0 Å². The van der Waals surface area contributed by atoms with E-state index in [-0.39, 0.29) is 12.5 Å². The number of aromatic nitrogens is 2. The molecule has 0 aliphatic carbocycles. The third-order valence-corrected chi connectivity index (χ3v) is 4.64. The van der Waals surface area contributed by atoms with Gasteiger partial charge in [0.25, 0.3) is 0 Å². The highest BCUT2D eigenvalue weighted by Gasteiger charge is 2.16. The number of carbonyl (C=O) groups is 1. The lowest BCUT2D eigenvalue weighted by Crippen LogP contribution is -2.30. The van der Waals surface area contributed by atoms with Crippen molar-refractivity contribution < 1.29 is 14.3 Å². The summed E-state index contributed by atoms with van der Waals surface area (Å²) in [5, 5.41) is 0. The van der Waals surface area contributed by atoms with Crippen molar-refractivity contribution in [2.45, 2.75) is 26.4 Å². The minimum atomic E-state index is 0.0302. The Hall–Kier alpha value is -3.02. The normalized spacial score (nSPS) is 10.8. The first-order chi connectivity index (χ1) is 13.1. The maximum Gasteiger partial charge on any atom is 0.242 e. The lowest BCUT2D eigenvalue weighted by Gasteiger charge is -2.19. The highest BCUT2D eigenvalue weighted by molar-refractivity contribution is 5.81. The number of hydrogen-bond donors (Lipinski definition) is 0. The van der Waals surface area contributed by atoms with Gasteiger partial charge in [-0.1, -0.05) is 25.1 Å². The fraction of sp³-hybridized carbons (Fsp3) is 0.333. The second-order valence-corrected chi connectivity index (χ2v) is 6.40. The van der Waals surface area contributed by atoms with Gasteiger partial charge in [-0.25, -0.2) is 4.98 Å². The Bertz CT molecular complexity index is 949. The van der Waals surface area contributed by atoms with Crippen molar-refractivity contribution in [2.75, 3.05) is 21.3 Å². The van der Waals surface area contributed by atoms with Crippen LogP contribution in [0.25, 0.3) is 11.0 Å². The summed E-state index contributed by atoms with van der Waals surface area (Å²) in [7, 11) is 5.02. The van der Waals surface area contributed by atoms with Crippen LogP contribution in [0.2, 0.25) is 0 Å². The molecule has 0 fully saturated rings. The lowest BCUT2D eigenvalue weighted by atomic mass is 10.2. The van der Waals surface area contributed by atoms with Crippen LogP contribution in [0, 0.1) is 0 Å². The molecule has 1 amide bonds. The number of aryl methyl sites for hydroxylation is 1. The van der Waals surface area contributed by atoms with Crippen LogP contribution in [-0.2, 0) is 24.3 Å². The van der Waals surface area contributed by atoms with Crippen molar-refractivity contribution in [3.05, 3.63) is 53.9 Å². The molecular weight excluding hydrogens is 342 g/mol. The molecule has 3 aromatic rings.